The fourth-order valence-electron chi connectivity index (χ4n) is 1.45. The fraction of sp³-hybridized carbons (Fsp3) is 0.778. The second-order valence-corrected chi connectivity index (χ2v) is 3.44. The zero-order chi connectivity index (χ0) is 10.6. The van der Waals surface area contributed by atoms with Crippen LogP contribution in [0.15, 0.2) is 0 Å². The molecular formula is C9H17ClN2O3. The Morgan fingerprint density at radius 1 is 1.53 bits per heavy atom. The Kier molecular flexibility index (Phi) is 6.27. The van der Waals surface area contributed by atoms with Gasteiger partial charge in [-0.15, -0.1) is 12.4 Å². The highest BCUT2D eigenvalue weighted by Gasteiger charge is 2.25. The summed E-state index contributed by atoms with van der Waals surface area (Å²) in [4.78, 5) is 22.5. The van der Waals surface area contributed by atoms with Crippen LogP contribution in [-0.2, 0) is 14.3 Å². The molecule has 0 aromatic carbocycles. The summed E-state index contributed by atoms with van der Waals surface area (Å²) in [6.45, 7) is 3.18. The van der Waals surface area contributed by atoms with Gasteiger partial charge in [0.1, 0.15) is 6.04 Å². The first-order valence-electron chi connectivity index (χ1n) is 4.74. The van der Waals surface area contributed by atoms with Gasteiger partial charge in [0, 0.05) is 6.54 Å². The normalized spacial score (nSPS) is 21.3. The maximum absolute atomic E-state index is 11.5. The lowest BCUT2D eigenvalue weighted by molar-refractivity contribution is -0.144. The SMILES string of the molecule is COC(=O)[C@H](C)NC(=O)[C@@H]1CCNC1.Cl. The van der Waals surface area contributed by atoms with E-state index in [9.17, 15) is 9.59 Å². The maximum Gasteiger partial charge on any atom is 0.328 e. The van der Waals surface area contributed by atoms with Gasteiger partial charge in [-0.05, 0) is 19.9 Å². The topological polar surface area (TPSA) is 67.4 Å². The van der Waals surface area contributed by atoms with Gasteiger partial charge in [-0.3, -0.25) is 4.79 Å². The van der Waals surface area contributed by atoms with Crippen molar-refractivity contribution in [3.8, 4) is 0 Å². The minimum atomic E-state index is -0.562. The van der Waals surface area contributed by atoms with Crippen LogP contribution in [0.3, 0.4) is 0 Å². The van der Waals surface area contributed by atoms with E-state index in [1.807, 2.05) is 0 Å². The van der Waals surface area contributed by atoms with Gasteiger partial charge in [0.15, 0.2) is 0 Å². The van der Waals surface area contributed by atoms with E-state index in [0.717, 1.165) is 13.0 Å². The quantitative estimate of drug-likeness (QED) is 0.660. The molecular weight excluding hydrogens is 220 g/mol. The number of hydrogen-bond donors (Lipinski definition) is 2. The first-order chi connectivity index (χ1) is 6.65. The summed E-state index contributed by atoms with van der Waals surface area (Å²) >= 11 is 0. The molecule has 1 heterocycles. The van der Waals surface area contributed by atoms with E-state index >= 15 is 0 Å². The summed E-state index contributed by atoms with van der Waals surface area (Å²) in [7, 11) is 1.31. The Labute approximate surface area is 95.3 Å². The molecule has 0 saturated carbocycles. The molecule has 15 heavy (non-hydrogen) atoms. The maximum atomic E-state index is 11.5. The largest absolute Gasteiger partial charge is 0.467 e. The summed E-state index contributed by atoms with van der Waals surface area (Å²) in [6, 6.07) is -0.562. The molecule has 0 spiro atoms. The molecule has 0 radical (unpaired) electrons. The molecule has 5 nitrogen and oxygen atoms in total. The number of hydrogen-bond acceptors (Lipinski definition) is 4. The predicted molar refractivity (Wildman–Crippen MR) is 57.8 cm³/mol. The van der Waals surface area contributed by atoms with Gasteiger partial charge < -0.3 is 15.4 Å². The molecule has 1 fully saturated rings. The van der Waals surface area contributed by atoms with Crippen molar-refractivity contribution >= 4 is 24.3 Å². The Balaban J connectivity index is 0.00000196. The van der Waals surface area contributed by atoms with Crippen LogP contribution in [0.5, 0.6) is 0 Å². The number of rotatable bonds is 3. The first kappa shape index (κ1) is 14.2. The first-order valence-corrected chi connectivity index (χ1v) is 4.74. The second kappa shape index (κ2) is 6.63. The molecule has 0 bridgehead atoms. The van der Waals surface area contributed by atoms with E-state index in [0.29, 0.717) is 6.54 Å². The van der Waals surface area contributed by atoms with Crippen molar-refractivity contribution < 1.29 is 14.3 Å². The van der Waals surface area contributed by atoms with Gasteiger partial charge in [0.05, 0.1) is 13.0 Å². The van der Waals surface area contributed by atoms with Gasteiger partial charge in [-0.1, -0.05) is 0 Å². The van der Waals surface area contributed by atoms with E-state index in [2.05, 4.69) is 15.4 Å². The average Bonchev–Trinajstić information content (AvgIpc) is 2.69. The molecule has 0 unspecified atom stereocenters. The van der Waals surface area contributed by atoms with E-state index in [4.69, 9.17) is 0 Å². The second-order valence-electron chi connectivity index (χ2n) is 3.44. The van der Waals surface area contributed by atoms with Gasteiger partial charge in [-0.25, -0.2) is 4.79 Å². The lowest BCUT2D eigenvalue weighted by atomic mass is 10.1. The van der Waals surface area contributed by atoms with Crippen molar-refractivity contribution in [3.63, 3.8) is 0 Å². The molecule has 1 saturated heterocycles. The van der Waals surface area contributed by atoms with Crippen LogP contribution in [0.4, 0.5) is 0 Å². The van der Waals surface area contributed by atoms with Crippen LogP contribution in [0.1, 0.15) is 13.3 Å². The minimum Gasteiger partial charge on any atom is -0.467 e. The number of carbonyl (C=O) groups is 2. The van der Waals surface area contributed by atoms with Crippen LogP contribution in [0.2, 0.25) is 0 Å². The van der Waals surface area contributed by atoms with Crippen molar-refractivity contribution in [2.75, 3.05) is 20.2 Å². The van der Waals surface area contributed by atoms with Crippen molar-refractivity contribution in [1.82, 2.24) is 10.6 Å². The molecule has 2 N–H and O–H groups in total. The third kappa shape index (κ3) is 4.05. The van der Waals surface area contributed by atoms with Crippen molar-refractivity contribution in [2.24, 2.45) is 5.92 Å². The number of esters is 1. The van der Waals surface area contributed by atoms with Crippen LogP contribution >= 0.6 is 12.4 Å². The molecule has 88 valence electrons. The predicted octanol–water partition coefficient (Wildman–Crippen LogP) is -0.305. The number of amides is 1. The van der Waals surface area contributed by atoms with Crippen LogP contribution < -0.4 is 10.6 Å². The number of halogens is 1. The Bertz CT molecular complexity index is 229. The molecule has 1 aliphatic heterocycles. The molecule has 0 aliphatic carbocycles. The standard InChI is InChI=1S/C9H16N2O3.ClH/c1-6(9(13)14-2)11-8(12)7-3-4-10-5-7;/h6-7,10H,3-5H2,1-2H3,(H,11,12);1H/t6-,7+;/m0./s1. The van der Waals surface area contributed by atoms with E-state index in [1.54, 1.807) is 6.92 Å². The number of carbonyl (C=O) groups excluding carboxylic acids is 2. The lowest BCUT2D eigenvalue weighted by Gasteiger charge is -2.14. The van der Waals surface area contributed by atoms with Crippen molar-refractivity contribution in [2.45, 2.75) is 19.4 Å². The Hall–Kier alpha value is -0.810. The number of ether oxygens (including phenoxy) is 1. The summed E-state index contributed by atoms with van der Waals surface area (Å²) in [6.07, 6.45) is 0.833. The number of methoxy groups -OCH3 is 1. The summed E-state index contributed by atoms with van der Waals surface area (Å²) < 4.78 is 4.51. The Morgan fingerprint density at radius 2 is 2.20 bits per heavy atom. The molecule has 6 heteroatoms. The zero-order valence-corrected chi connectivity index (χ0v) is 9.73. The van der Waals surface area contributed by atoms with E-state index < -0.39 is 12.0 Å². The fourth-order valence-corrected chi connectivity index (χ4v) is 1.45. The van der Waals surface area contributed by atoms with Gasteiger partial charge >= 0.3 is 5.97 Å². The summed E-state index contributed by atoms with van der Waals surface area (Å²) in [5.74, 6) is -0.501. The van der Waals surface area contributed by atoms with Crippen LogP contribution in [-0.4, -0.2) is 38.1 Å². The van der Waals surface area contributed by atoms with Crippen LogP contribution in [0.25, 0.3) is 0 Å². The third-order valence-electron chi connectivity index (χ3n) is 2.34. The summed E-state index contributed by atoms with van der Waals surface area (Å²) in [5, 5.41) is 5.71. The van der Waals surface area contributed by atoms with E-state index in [1.165, 1.54) is 7.11 Å². The Morgan fingerprint density at radius 3 is 2.67 bits per heavy atom. The highest BCUT2D eigenvalue weighted by atomic mass is 35.5. The van der Waals surface area contributed by atoms with E-state index in [-0.39, 0.29) is 24.2 Å². The molecule has 1 aliphatic rings. The lowest BCUT2D eigenvalue weighted by Crippen LogP contribution is -2.42. The third-order valence-corrected chi connectivity index (χ3v) is 2.34. The molecule has 0 aromatic rings. The molecule has 1 amide bonds. The highest BCUT2D eigenvalue weighted by Crippen LogP contribution is 2.07. The highest BCUT2D eigenvalue weighted by molar-refractivity contribution is 5.86. The monoisotopic (exact) mass is 236 g/mol. The minimum absolute atomic E-state index is 0. The molecule has 0 aromatic heterocycles. The number of nitrogens with one attached hydrogen (secondary N) is 2. The van der Waals surface area contributed by atoms with Gasteiger partial charge in [0.25, 0.3) is 0 Å². The smallest absolute Gasteiger partial charge is 0.328 e. The van der Waals surface area contributed by atoms with Crippen molar-refractivity contribution in [1.29, 1.82) is 0 Å². The average molecular weight is 237 g/mol. The molecule has 1 rings (SSSR count). The van der Waals surface area contributed by atoms with Crippen molar-refractivity contribution in [3.05, 3.63) is 0 Å². The van der Waals surface area contributed by atoms with Gasteiger partial charge in [-0.2, -0.15) is 0 Å². The molecule has 2 atom stereocenters. The summed E-state index contributed by atoms with van der Waals surface area (Å²) in [5.41, 5.74) is 0. The van der Waals surface area contributed by atoms with Gasteiger partial charge in [0.2, 0.25) is 5.91 Å². The zero-order valence-electron chi connectivity index (χ0n) is 8.91. The van der Waals surface area contributed by atoms with Crippen LogP contribution in [0, 0.1) is 5.92 Å².